The van der Waals surface area contributed by atoms with Crippen LogP contribution in [0.25, 0.3) is 0 Å². The van der Waals surface area contributed by atoms with E-state index in [1.54, 1.807) is 0 Å². The third kappa shape index (κ3) is 4.30. The molecule has 0 saturated heterocycles. The first-order chi connectivity index (χ1) is 10.2. The summed E-state index contributed by atoms with van der Waals surface area (Å²) in [4.78, 5) is 0. The van der Waals surface area contributed by atoms with Crippen molar-refractivity contribution in [2.45, 2.75) is 44.5 Å². The Kier molecular flexibility index (Phi) is 4.92. The molecule has 1 radical (unpaired) electrons. The molecule has 1 N–H and O–H groups in total. The van der Waals surface area contributed by atoms with Gasteiger partial charge < -0.3 is 5.32 Å². The molecule has 0 spiro atoms. The third-order valence-electron chi connectivity index (χ3n) is 3.87. The Hall–Kier alpha value is -1.40. The van der Waals surface area contributed by atoms with Crippen LogP contribution in [0, 0.1) is 12.0 Å². The number of alkyl halides is 6. The van der Waals surface area contributed by atoms with E-state index >= 15 is 0 Å². The van der Waals surface area contributed by atoms with Crippen LogP contribution in [0.1, 0.15) is 43.2 Å². The highest BCUT2D eigenvalue weighted by atomic mass is 19.4. The summed E-state index contributed by atoms with van der Waals surface area (Å²) >= 11 is 0. The van der Waals surface area contributed by atoms with Crippen LogP contribution in [0.3, 0.4) is 0 Å². The Morgan fingerprint density at radius 3 is 2.18 bits per heavy atom. The number of hydrogen-bond donors (Lipinski definition) is 1. The molecule has 0 atom stereocenters. The Morgan fingerprint density at radius 2 is 1.64 bits per heavy atom. The zero-order valence-corrected chi connectivity index (χ0v) is 11.7. The highest BCUT2D eigenvalue weighted by Crippen LogP contribution is 2.39. The summed E-state index contributed by atoms with van der Waals surface area (Å²) in [6.07, 6.45) is -4.63. The van der Waals surface area contributed by atoms with Gasteiger partial charge in [0.1, 0.15) is 0 Å². The molecule has 1 aromatic rings. The zero-order valence-electron chi connectivity index (χ0n) is 11.7. The molecular weight excluding hydrogens is 308 g/mol. The van der Waals surface area contributed by atoms with Crippen molar-refractivity contribution in [1.29, 1.82) is 0 Å². The predicted molar refractivity (Wildman–Crippen MR) is 70.3 cm³/mol. The molecule has 1 saturated carbocycles. The van der Waals surface area contributed by atoms with E-state index in [9.17, 15) is 26.3 Å². The van der Waals surface area contributed by atoms with Gasteiger partial charge in [-0.2, -0.15) is 26.3 Å². The molecule has 1 aromatic carbocycles. The summed E-state index contributed by atoms with van der Waals surface area (Å²) < 4.78 is 76.5. The van der Waals surface area contributed by atoms with Gasteiger partial charge in [0.15, 0.2) is 0 Å². The molecular formula is C15H16F6N. The quantitative estimate of drug-likeness (QED) is 0.722. The van der Waals surface area contributed by atoms with Crippen molar-refractivity contribution >= 4 is 5.69 Å². The fraction of sp³-hybridized carbons (Fsp3) is 0.600. The van der Waals surface area contributed by atoms with Crippen molar-refractivity contribution in [3.63, 3.8) is 0 Å². The second-order valence-electron chi connectivity index (χ2n) is 5.56. The normalized spacial score (nSPS) is 17.5. The van der Waals surface area contributed by atoms with Crippen molar-refractivity contribution in [2.24, 2.45) is 5.92 Å². The standard InChI is InChI=1S/C15H16F6N/c16-14(17,18)11-6-7-13(12(8-11)15(19,20)21)22-9-10-4-2-1-3-5-10/h6,8,10,22H,1-5,9H2. The predicted octanol–water partition coefficient (Wildman–Crippen LogP) is 5.52. The van der Waals surface area contributed by atoms with E-state index in [2.05, 4.69) is 11.4 Å². The fourth-order valence-corrected chi connectivity index (χ4v) is 2.67. The van der Waals surface area contributed by atoms with E-state index in [0.717, 1.165) is 32.1 Å². The number of hydrogen-bond acceptors (Lipinski definition) is 1. The van der Waals surface area contributed by atoms with E-state index < -0.39 is 29.2 Å². The Bertz CT molecular complexity index is 500. The lowest BCUT2D eigenvalue weighted by Crippen LogP contribution is -2.20. The van der Waals surface area contributed by atoms with Gasteiger partial charge in [0.2, 0.25) is 0 Å². The van der Waals surface area contributed by atoms with E-state index in [0.29, 0.717) is 12.6 Å². The summed E-state index contributed by atoms with van der Waals surface area (Å²) in [5, 5.41) is 2.63. The van der Waals surface area contributed by atoms with Gasteiger partial charge in [0.25, 0.3) is 0 Å². The first-order valence-electron chi connectivity index (χ1n) is 7.12. The molecule has 2 rings (SSSR count). The molecule has 1 aliphatic rings. The van der Waals surface area contributed by atoms with Crippen molar-refractivity contribution < 1.29 is 26.3 Å². The Balaban J connectivity index is 2.18. The maximum absolute atomic E-state index is 13.0. The smallest absolute Gasteiger partial charge is 0.384 e. The van der Waals surface area contributed by atoms with Gasteiger partial charge in [0, 0.05) is 12.6 Å². The zero-order chi connectivity index (χ0) is 16.4. The first-order valence-corrected chi connectivity index (χ1v) is 7.12. The summed E-state index contributed by atoms with van der Waals surface area (Å²) in [5.74, 6) is 0.255. The second kappa shape index (κ2) is 6.38. The molecule has 0 amide bonds. The van der Waals surface area contributed by atoms with Crippen LogP contribution in [-0.4, -0.2) is 6.54 Å². The van der Waals surface area contributed by atoms with Crippen LogP contribution >= 0.6 is 0 Å². The average molecular weight is 324 g/mol. The van der Waals surface area contributed by atoms with E-state index in [1.165, 1.54) is 0 Å². The van der Waals surface area contributed by atoms with Crippen molar-refractivity contribution in [3.8, 4) is 0 Å². The van der Waals surface area contributed by atoms with Gasteiger partial charge in [-0.1, -0.05) is 19.3 Å². The molecule has 7 heteroatoms. The van der Waals surface area contributed by atoms with Crippen molar-refractivity contribution in [3.05, 3.63) is 29.3 Å². The van der Waals surface area contributed by atoms with E-state index in [4.69, 9.17) is 0 Å². The van der Waals surface area contributed by atoms with E-state index in [-0.39, 0.29) is 12.0 Å². The minimum Gasteiger partial charge on any atom is -0.384 e. The minimum absolute atomic E-state index is 0.139. The van der Waals surface area contributed by atoms with Gasteiger partial charge in [0.05, 0.1) is 16.8 Å². The van der Waals surface area contributed by atoms with Gasteiger partial charge in [-0.15, -0.1) is 0 Å². The molecule has 0 aliphatic heterocycles. The number of halogens is 6. The lowest BCUT2D eigenvalue weighted by atomic mass is 9.89. The fourth-order valence-electron chi connectivity index (χ4n) is 2.67. The molecule has 123 valence electrons. The number of nitrogens with one attached hydrogen (secondary N) is 1. The summed E-state index contributed by atoms with van der Waals surface area (Å²) in [7, 11) is 0. The monoisotopic (exact) mass is 324 g/mol. The molecule has 0 heterocycles. The SMILES string of the molecule is FC(F)(F)c1c[c]c(NCC2CCCCC2)c(C(F)(F)F)c1. The molecule has 1 fully saturated rings. The minimum atomic E-state index is -4.85. The van der Waals surface area contributed by atoms with Crippen LogP contribution < -0.4 is 5.32 Å². The lowest BCUT2D eigenvalue weighted by molar-refractivity contribution is -0.142. The number of rotatable bonds is 3. The van der Waals surface area contributed by atoms with Gasteiger partial charge in [-0.25, -0.2) is 0 Å². The molecule has 1 aliphatic carbocycles. The van der Waals surface area contributed by atoms with Gasteiger partial charge in [-0.05, 0) is 30.9 Å². The Labute approximate surface area is 124 Å². The summed E-state index contributed by atoms with van der Waals surface area (Å²) in [5.41, 5.74) is -3.08. The maximum atomic E-state index is 13.0. The first kappa shape index (κ1) is 17.0. The third-order valence-corrected chi connectivity index (χ3v) is 3.87. The molecule has 0 aromatic heterocycles. The number of anilines is 1. The second-order valence-corrected chi connectivity index (χ2v) is 5.56. The maximum Gasteiger partial charge on any atom is 0.418 e. The van der Waals surface area contributed by atoms with Crippen molar-refractivity contribution in [2.75, 3.05) is 11.9 Å². The Morgan fingerprint density at radius 1 is 1.00 bits per heavy atom. The largest absolute Gasteiger partial charge is 0.418 e. The van der Waals surface area contributed by atoms with Crippen LogP contribution in [0.2, 0.25) is 0 Å². The van der Waals surface area contributed by atoms with Gasteiger partial charge in [-0.3, -0.25) is 0 Å². The molecule has 0 bridgehead atoms. The molecule has 22 heavy (non-hydrogen) atoms. The summed E-state index contributed by atoms with van der Waals surface area (Å²) in [6, 6.07) is 2.80. The molecule has 0 unspecified atom stereocenters. The number of benzene rings is 1. The van der Waals surface area contributed by atoms with Crippen LogP contribution in [0.5, 0.6) is 0 Å². The van der Waals surface area contributed by atoms with Crippen LogP contribution in [-0.2, 0) is 12.4 Å². The van der Waals surface area contributed by atoms with Crippen molar-refractivity contribution in [1.82, 2.24) is 0 Å². The highest BCUT2D eigenvalue weighted by Gasteiger charge is 2.38. The van der Waals surface area contributed by atoms with Crippen LogP contribution in [0.4, 0.5) is 32.0 Å². The summed E-state index contributed by atoms with van der Waals surface area (Å²) in [6.45, 7) is 0.324. The lowest BCUT2D eigenvalue weighted by Gasteiger charge is -2.23. The van der Waals surface area contributed by atoms with Gasteiger partial charge >= 0.3 is 12.4 Å². The van der Waals surface area contributed by atoms with Crippen LogP contribution in [0.15, 0.2) is 12.1 Å². The molecule has 1 nitrogen and oxygen atoms in total. The topological polar surface area (TPSA) is 12.0 Å². The highest BCUT2D eigenvalue weighted by molar-refractivity contribution is 5.53. The average Bonchev–Trinajstić information content (AvgIpc) is 2.44. The van der Waals surface area contributed by atoms with E-state index in [1.807, 2.05) is 0 Å².